The number of phenolic OH excluding ortho intramolecular Hbond substituents is 1. The zero-order valence-corrected chi connectivity index (χ0v) is 23.7. The number of benzene rings is 2. The van der Waals surface area contributed by atoms with Crippen LogP contribution in [0.1, 0.15) is 70.4 Å². The quantitative estimate of drug-likeness (QED) is 0.171. The van der Waals surface area contributed by atoms with Crippen LogP contribution in [0.3, 0.4) is 0 Å². The lowest BCUT2D eigenvalue weighted by molar-refractivity contribution is -0.181. The predicted octanol–water partition coefficient (Wildman–Crippen LogP) is 8.12. The van der Waals surface area contributed by atoms with Gasteiger partial charge >= 0.3 is 12.1 Å². The minimum absolute atomic E-state index is 0.0972. The number of aromatic hydroxyl groups is 1. The van der Waals surface area contributed by atoms with Gasteiger partial charge in [-0.2, -0.15) is 0 Å². The molecule has 0 radical (unpaired) electrons. The second kappa shape index (κ2) is 12.6. The molecule has 4 fully saturated rings. The van der Waals surface area contributed by atoms with Gasteiger partial charge in [0.25, 0.3) is 0 Å². The Hall–Kier alpha value is -3.80. The molecule has 0 spiro atoms. The van der Waals surface area contributed by atoms with Crippen molar-refractivity contribution < 1.29 is 28.9 Å². The molecule has 2 aromatic rings. The Morgan fingerprint density at radius 2 is 1.32 bits per heavy atom. The fourth-order valence-corrected chi connectivity index (χ4v) is 6.34. The summed E-state index contributed by atoms with van der Waals surface area (Å²) in [4.78, 5) is 23.0. The molecular weight excluding hydrogens is 504 g/mol. The van der Waals surface area contributed by atoms with Crippen molar-refractivity contribution in [2.24, 2.45) is 17.8 Å². The lowest BCUT2D eigenvalue weighted by atomic mass is 9.54. The number of hydrogen-bond donors (Lipinski definition) is 1. The topological polar surface area (TPSA) is 82.1 Å². The first-order valence-electron chi connectivity index (χ1n) is 14.0. The summed E-state index contributed by atoms with van der Waals surface area (Å²) < 4.78 is 15.9. The van der Waals surface area contributed by atoms with Gasteiger partial charge in [0.1, 0.15) is 22.7 Å². The number of rotatable bonds is 6. The molecule has 6 nitrogen and oxygen atoms in total. The highest BCUT2D eigenvalue weighted by molar-refractivity contribution is 5.81. The van der Waals surface area contributed by atoms with Gasteiger partial charge in [-0.05, 0) is 112 Å². The minimum atomic E-state index is -0.715. The van der Waals surface area contributed by atoms with Crippen molar-refractivity contribution in [2.75, 3.05) is 0 Å². The molecule has 0 aromatic heterocycles. The van der Waals surface area contributed by atoms with Gasteiger partial charge in [0.2, 0.25) is 0 Å². The van der Waals surface area contributed by atoms with Crippen LogP contribution in [0.25, 0.3) is 12.2 Å². The molecule has 0 heterocycles. The number of allylic oxidation sites excluding steroid dienone is 2. The standard InChI is InChI=1S/C21H22O4.C13H18O2/c1-21(2,3)25-20(23)24-19-14-10-17(11-15-19)7-5-4-6-16-8-12-18(22)13-9-16;1-2-12(14)15-13-6-9-3-10(7-13)5-11(4-9)8-13/h4-15,22H,1-3H3;2,9-11H,1,3-8H2. The summed E-state index contributed by atoms with van der Waals surface area (Å²) >= 11 is 0. The molecule has 212 valence electrons. The largest absolute Gasteiger partial charge is 0.514 e. The number of phenols is 1. The summed E-state index contributed by atoms with van der Waals surface area (Å²) in [5, 5.41) is 9.23. The van der Waals surface area contributed by atoms with E-state index in [0.29, 0.717) is 5.75 Å². The maximum Gasteiger partial charge on any atom is 0.514 e. The van der Waals surface area contributed by atoms with Crippen molar-refractivity contribution in [2.45, 2.75) is 70.5 Å². The second-order valence-electron chi connectivity index (χ2n) is 12.2. The zero-order valence-electron chi connectivity index (χ0n) is 23.7. The Labute approximate surface area is 237 Å². The fourth-order valence-electron chi connectivity index (χ4n) is 6.34. The molecule has 4 aliphatic rings. The normalized spacial score (nSPS) is 24.8. The fraction of sp³-hybridized carbons (Fsp3) is 0.412. The van der Waals surface area contributed by atoms with Crippen LogP contribution < -0.4 is 4.74 Å². The molecule has 4 bridgehead atoms. The van der Waals surface area contributed by atoms with Crippen molar-refractivity contribution >= 4 is 24.3 Å². The van der Waals surface area contributed by atoms with Gasteiger partial charge in [0.15, 0.2) is 0 Å². The lowest BCUT2D eigenvalue weighted by Gasteiger charge is -2.55. The van der Waals surface area contributed by atoms with E-state index in [9.17, 15) is 14.7 Å². The highest BCUT2D eigenvalue weighted by Crippen LogP contribution is 2.57. The number of carbonyl (C=O) groups excluding carboxylic acids is 2. The van der Waals surface area contributed by atoms with Crippen LogP contribution in [0.5, 0.6) is 11.5 Å². The van der Waals surface area contributed by atoms with Crippen LogP contribution in [0.15, 0.2) is 73.3 Å². The predicted molar refractivity (Wildman–Crippen MR) is 157 cm³/mol. The van der Waals surface area contributed by atoms with Gasteiger partial charge in [0, 0.05) is 6.08 Å². The number of carbonyl (C=O) groups is 2. The molecule has 0 saturated heterocycles. The SMILES string of the molecule is C=CC(=O)OC12CC3CC(CC(C3)C1)C2.CC(C)(C)OC(=O)Oc1ccc(C=CC=Cc2ccc(O)cc2)cc1. The Kier molecular flexibility index (Phi) is 9.18. The van der Waals surface area contributed by atoms with Crippen LogP contribution in [-0.4, -0.2) is 28.4 Å². The van der Waals surface area contributed by atoms with E-state index in [2.05, 4.69) is 6.58 Å². The van der Waals surface area contributed by atoms with Gasteiger partial charge in [-0.3, -0.25) is 0 Å². The van der Waals surface area contributed by atoms with E-state index in [1.54, 1.807) is 45.0 Å². The Morgan fingerprint density at radius 1 is 0.850 bits per heavy atom. The van der Waals surface area contributed by atoms with E-state index < -0.39 is 11.8 Å². The van der Waals surface area contributed by atoms with E-state index >= 15 is 0 Å². The maximum absolute atomic E-state index is 11.6. The van der Waals surface area contributed by atoms with Crippen molar-refractivity contribution in [3.05, 3.63) is 84.5 Å². The van der Waals surface area contributed by atoms with Crippen molar-refractivity contribution in [3.8, 4) is 11.5 Å². The van der Waals surface area contributed by atoms with Gasteiger partial charge < -0.3 is 19.3 Å². The van der Waals surface area contributed by atoms with Crippen LogP contribution in [0.4, 0.5) is 4.79 Å². The Balaban J connectivity index is 0.000000208. The first-order chi connectivity index (χ1) is 19.0. The molecular formula is C34H40O6. The second-order valence-corrected chi connectivity index (χ2v) is 12.2. The smallest absolute Gasteiger partial charge is 0.508 e. The average Bonchev–Trinajstić information content (AvgIpc) is 2.87. The monoisotopic (exact) mass is 544 g/mol. The number of ether oxygens (including phenoxy) is 3. The molecule has 0 aliphatic heterocycles. The highest BCUT2D eigenvalue weighted by Gasteiger charge is 2.53. The van der Waals surface area contributed by atoms with E-state index in [0.717, 1.165) is 48.1 Å². The third kappa shape index (κ3) is 8.60. The molecule has 1 N–H and O–H groups in total. The van der Waals surface area contributed by atoms with Gasteiger partial charge in [-0.15, -0.1) is 0 Å². The number of hydrogen-bond acceptors (Lipinski definition) is 6. The molecule has 6 rings (SSSR count). The highest BCUT2D eigenvalue weighted by atomic mass is 16.7. The lowest BCUT2D eigenvalue weighted by Crippen LogP contribution is -2.52. The summed E-state index contributed by atoms with van der Waals surface area (Å²) in [5.74, 6) is 2.95. The first-order valence-corrected chi connectivity index (χ1v) is 14.0. The molecule has 4 aliphatic carbocycles. The van der Waals surface area contributed by atoms with Gasteiger partial charge in [0.05, 0.1) is 0 Å². The van der Waals surface area contributed by atoms with Crippen molar-refractivity contribution in [1.82, 2.24) is 0 Å². The molecule has 2 aromatic carbocycles. The van der Waals surface area contributed by atoms with Crippen molar-refractivity contribution in [1.29, 1.82) is 0 Å². The average molecular weight is 545 g/mol. The van der Waals surface area contributed by atoms with E-state index in [-0.39, 0.29) is 17.3 Å². The maximum atomic E-state index is 11.6. The summed E-state index contributed by atoms with van der Waals surface area (Å²) in [6.45, 7) is 8.84. The summed E-state index contributed by atoms with van der Waals surface area (Å²) in [5.41, 5.74) is 1.30. The molecule has 0 atom stereocenters. The van der Waals surface area contributed by atoms with Gasteiger partial charge in [-0.1, -0.05) is 55.1 Å². The first kappa shape index (κ1) is 29.2. The van der Waals surface area contributed by atoms with Crippen LogP contribution in [0.2, 0.25) is 0 Å². The van der Waals surface area contributed by atoms with Crippen LogP contribution in [0, 0.1) is 17.8 Å². The molecule has 0 amide bonds. The van der Waals surface area contributed by atoms with Crippen LogP contribution >= 0.6 is 0 Å². The molecule has 40 heavy (non-hydrogen) atoms. The third-order valence-corrected chi connectivity index (χ3v) is 7.52. The Bertz CT molecular complexity index is 1200. The van der Waals surface area contributed by atoms with E-state index in [1.807, 2.05) is 48.6 Å². The molecule has 4 saturated carbocycles. The number of esters is 1. The van der Waals surface area contributed by atoms with Crippen molar-refractivity contribution in [3.63, 3.8) is 0 Å². The molecule has 0 unspecified atom stereocenters. The molecule has 6 heteroatoms. The van der Waals surface area contributed by atoms with Crippen LogP contribution in [-0.2, 0) is 14.3 Å². The Morgan fingerprint density at radius 3 is 1.77 bits per heavy atom. The minimum Gasteiger partial charge on any atom is -0.508 e. The van der Waals surface area contributed by atoms with Gasteiger partial charge in [-0.25, -0.2) is 9.59 Å². The third-order valence-electron chi connectivity index (χ3n) is 7.52. The zero-order chi connectivity index (χ0) is 28.8. The van der Waals surface area contributed by atoms with E-state index in [4.69, 9.17) is 14.2 Å². The summed E-state index contributed by atoms with van der Waals surface area (Å²) in [6, 6.07) is 14.1. The summed E-state index contributed by atoms with van der Waals surface area (Å²) in [6.07, 6.45) is 15.8. The summed E-state index contributed by atoms with van der Waals surface area (Å²) in [7, 11) is 0. The van der Waals surface area contributed by atoms with E-state index in [1.165, 1.54) is 25.3 Å².